The Morgan fingerprint density at radius 1 is 1.04 bits per heavy atom. The van der Waals surface area contributed by atoms with E-state index in [4.69, 9.17) is 0 Å². The molecule has 0 bridgehead atoms. The van der Waals surface area contributed by atoms with E-state index in [0.717, 1.165) is 22.9 Å². The van der Waals surface area contributed by atoms with Crippen molar-refractivity contribution < 1.29 is 8.42 Å². The van der Waals surface area contributed by atoms with E-state index in [-0.39, 0.29) is 12.0 Å². The van der Waals surface area contributed by atoms with Crippen molar-refractivity contribution >= 4 is 26.5 Å². The minimum atomic E-state index is -3.55. The summed E-state index contributed by atoms with van der Waals surface area (Å²) in [6.45, 7) is 6.04. The molecule has 0 aliphatic carbocycles. The lowest BCUT2D eigenvalue weighted by molar-refractivity contribution is 0.434. The monoisotopic (exact) mass is 334 g/mol. The summed E-state index contributed by atoms with van der Waals surface area (Å²) in [7, 11) is 0.363. The van der Waals surface area contributed by atoms with Crippen LogP contribution in [-0.4, -0.2) is 28.6 Å². The molecule has 2 aromatic carbocycles. The van der Waals surface area contributed by atoms with Crippen molar-refractivity contribution in [3.63, 3.8) is 0 Å². The molecule has 2 unspecified atom stereocenters. The van der Waals surface area contributed by atoms with E-state index in [2.05, 4.69) is 18.6 Å². The number of benzene rings is 2. The molecule has 0 spiro atoms. The van der Waals surface area contributed by atoms with E-state index in [9.17, 15) is 8.42 Å². The van der Waals surface area contributed by atoms with Gasteiger partial charge >= 0.3 is 0 Å². The topological polar surface area (TPSA) is 49.4 Å². The first-order valence-electron chi connectivity index (χ1n) is 7.99. The zero-order valence-corrected chi connectivity index (χ0v) is 15.3. The third-order valence-corrected chi connectivity index (χ3v) is 6.09. The van der Waals surface area contributed by atoms with Gasteiger partial charge in [0, 0.05) is 36.6 Å². The molecule has 0 aliphatic heterocycles. The van der Waals surface area contributed by atoms with E-state index in [1.165, 1.54) is 0 Å². The van der Waals surface area contributed by atoms with Crippen molar-refractivity contribution in [2.24, 2.45) is 5.92 Å². The number of fused-ring (bicyclic) bond motifs is 1. The number of anilines is 1. The third-order valence-electron chi connectivity index (χ3n) is 4.47. The van der Waals surface area contributed by atoms with Crippen LogP contribution in [0.1, 0.15) is 27.2 Å². The van der Waals surface area contributed by atoms with Gasteiger partial charge in [-0.25, -0.2) is 13.1 Å². The lowest BCUT2D eigenvalue weighted by atomic mass is 10.0. The second-order valence-electron chi connectivity index (χ2n) is 6.32. The van der Waals surface area contributed by atoms with Crippen LogP contribution in [0.25, 0.3) is 10.8 Å². The first-order chi connectivity index (χ1) is 10.8. The SMILES string of the molecule is CCC(C)C(C)NS(=O)(=O)c1cccc2c(N(C)C)cccc12. The fourth-order valence-electron chi connectivity index (χ4n) is 2.67. The molecule has 1 N–H and O–H groups in total. The average Bonchev–Trinajstić information content (AvgIpc) is 2.52. The largest absolute Gasteiger partial charge is 0.377 e. The van der Waals surface area contributed by atoms with Gasteiger partial charge in [-0.3, -0.25) is 0 Å². The van der Waals surface area contributed by atoms with Gasteiger partial charge in [-0.1, -0.05) is 44.5 Å². The van der Waals surface area contributed by atoms with Crippen LogP contribution in [0, 0.1) is 5.92 Å². The van der Waals surface area contributed by atoms with Gasteiger partial charge in [0.15, 0.2) is 0 Å². The summed E-state index contributed by atoms with van der Waals surface area (Å²) >= 11 is 0. The van der Waals surface area contributed by atoms with Crippen molar-refractivity contribution in [1.29, 1.82) is 0 Å². The van der Waals surface area contributed by atoms with Crippen LogP contribution in [0.2, 0.25) is 0 Å². The lowest BCUT2D eigenvalue weighted by Crippen LogP contribution is -2.36. The molecule has 2 rings (SSSR count). The summed E-state index contributed by atoms with van der Waals surface area (Å²) in [4.78, 5) is 2.34. The van der Waals surface area contributed by atoms with Crippen LogP contribution in [0.15, 0.2) is 41.3 Å². The van der Waals surface area contributed by atoms with Gasteiger partial charge in [0.2, 0.25) is 10.0 Å². The third kappa shape index (κ3) is 3.67. The summed E-state index contributed by atoms with van der Waals surface area (Å²) in [6.07, 6.45) is 0.935. The molecule has 4 nitrogen and oxygen atoms in total. The Bertz CT molecular complexity index is 785. The summed E-state index contributed by atoms with van der Waals surface area (Å²) < 4.78 is 28.5. The molecule has 0 saturated carbocycles. The molecule has 0 saturated heterocycles. The molecule has 0 heterocycles. The zero-order chi connectivity index (χ0) is 17.2. The van der Waals surface area contributed by atoms with Gasteiger partial charge in [0.25, 0.3) is 0 Å². The molecule has 126 valence electrons. The first kappa shape index (κ1) is 17.8. The van der Waals surface area contributed by atoms with Gasteiger partial charge in [-0.15, -0.1) is 0 Å². The lowest BCUT2D eigenvalue weighted by Gasteiger charge is -2.21. The summed E-state index contributed by atoms with van der Waals surface area (Å²) in [5.41, 5.74) is 1.01. The highest BCUT2D eigenvalue weighted by molar-refractivity contribution is 7.89. The number of hydrogen-bond donors (Lipinski definition) is 1. The normalized spacial score (nSPS) is 14.7. The number of nitrogens with one attached hydrogen (secondary N) is 1. The van der Waals surface area contributed by atoms with Gasteiger partial charge in [-0.2, -0.15) is 0 Å². The maximum Gasteiger partial charge on any atom is 0.241 e. The first-order valence-corrected chi connectivity index (χ1v) is 9.47. The fourth-order valence-corrected chi connectivity index (χ4v) is 4.24. The highest BCUT2D eigenvalue weighted by Crippen LogP contribution is 2.30. The molecule has 0 aliphatic rings. The van der Waals surface area contributed by atoms with E-state index in [1.54, 1.807) is 12.1 Å². The number of hydrogen-bond acceptors (Lipinski definition) is 3. The number of rotatable bonds is 6. The van der Waals surface area contributed by atoms with Crippen LogP contribution in [0.3, 0.4) is 0 Å². The quantitative estimate of drug-likeness (QED) is 0.878. The molecular weight excluding hydrogens is 308 g/mol. The second-order valence-corrected chi connectivity index (χ2v) is 8.00. The predicted octanol–water partition coefficient (Wildman–Crippen LogP) is 3.62. The number of nitrogens with zero attached hydrogens (tertiary/aromatic N) is 1. The van der Waals surface area contributed by atoms with E-state index in [1.807, 2.05) is 50.2 Å². The molecule has 0 amide bonds. The Labute approximate surface area is 139 Å². The van der Waals surface area contributed by atoms with E-state index in [0.29, 0.717) is 4.90 Å². The Hall–Kier alpha value is -1.59. The molecule has 0 fully saturated rings. The highest BCUT2D eigenvalue weighted by Gasteiger charge is 2.22. The van der Waals surface area contributed by atoms with E-state index < -0.39 is 10.0 Å². The Morgan fingerprint density at radius 2 is 1.65 bits per heavy atom. The predicted molar refractivity (Wildman–Crippen MR) is 97.5 cm³/mol. The average molecular weight is 334 g/mol. The van der Waals surface area contributed by atoms with Crippen LogP contribution >= 0.6 is 0 Å². The Morgan fingerprint density at radius 3 is 2.26 bits per heavy atom. The molecule has 2 aromatic rings. The molecule has 0 radical (unpaired) electrons. The molecule has 0 aromatic heterocycles. The van der Waals surface area contributed by atoms with Crippen molar-refractivity contribution in [3.05, 3.63) is 36.4 Å². The maximum absolute atomic E-state index is 12.8. The van der Waals surface area contributed by atoms with Crippen molar-refractivity contribution in [2.45, 2.75) is 38.1 Å². The fraction of sp³-hybridized carbons (Fsp3) is 0.444. The van der Waals surface area contributed by atoms with Crippen LogP contribution in [0.4, 0.5) is 5.69 Å². The highest BCUT2D eigenvalue weighted by atomic mass is 32.2. The number of sulfonamides is 1. The Balaban J connectivity index is 2.53. The smallest absolute Gasteiger partial charge is 0.241 e. The van der Waals surface area contributed by atoms with Crippen molar-refractivity contribution in [2.75, 3.05) is 19.0 Å². The molecular formula is C18H26N2O2S. The van der Waals surface area contributed by atoms with Crippen molar-refractivity contribution in [3.8, 4) is 0 Å². The molecule has 23 heavy (non-hydrogen) atoms. The minimum absolute atomic E-state index is 0.0997. The van der Waals surface area contributed by atoms with Crippen LogP contribution in [-0.2, 0) is 10.0 Å². The second kappa shape index (κ2) is 6.89. The summed E-state index contributed by atoms with van der Waals surface area (Å²) in [5.74, 6) is 0.289. The molecule has 5 heteroatoms. The molecule has 2 atom stereocenters. The summed E-state index contributed by atoms with van der Waals surface area (Å²) in [5, 5.41) is 1.69. The Kier molecular flexibility index (Phi) is 5.32. The van der Waals surface area contributed by atoms with Crippen LogP contribution in [0.5, 0.6) is 0 Å². The van der Waals surface area contributed by atoms with Crippen molar-refractivity contribution in [1.82, 2.24) is 4.72 Å². The van der Waals surface area contributed by atoms with Gasteiger partial charge in [-0.05, 0) is 25.0 Å². The standard InChI is InChI=1S/C18H26N2O2S/c1-6-13(2)14(3)19-23(21,22)18-12-8-9-15-16(18)10-7-11-17(15)20(4)5/h7-14,19H,6H2,1-5H3. The minimum Gasteiger partial charge on any atom is -0.377 e. The van der Waals surface area contributed by atoms with Gasteiger partial charge in [0.05, 0.1) is 4.90 Å². The van der Waals surface area contributed by atoms with Gasteiger partial charge in [0.1, 0.15) is 0 Å². The van der Waals surface area contributed by atoms with Gasteiger partial charge < -0.3 is 4.90 Å². The van der Waals surface area contributed by atoms with Crippen LogP contribution < -0.4 is 9.62 Å². The summed E-state index contributed by atoms with van der Waals surface area (Å²) in [6, 6.07) is 11.1. The maximum atomic E-state index is 12.8. The van der Waals surface area contributed by atoms with E-state index >= 15 is 0 Å². The zero-order valence-electron chi connectivity index (χ0n) is 14.5.